The van der Waals surface area contributed by atoms with E-state index in [-0.39, 0.29) is 31.6 Å². The fraction of sp³-hybridized carbons (Fsp3) is 0.448. The predicted octanol–water partition coefficient (Wildman–Crippen LogP) is 5.58. The molecule has 1 aromatic heterocycles. The number of piperidine rings is 1. The number of pyridine rings is 1. The number of hydrogen-bond donors (Lipinski definition) is 3. The number of fused-ring (bicyclic) bond motifs is 1. The van der Waals surface area contributed by atoms with Gasteiger partial charge in [-0.1, -0.05) is 0 Å². The van der Waals surface area contributed by atoms with Crippen molar-refractivity contribution in [3.05, 3.63) is 65.1 Å². The van der Waals surface area contributed by atoms with Crippen LogP contribution in [-0.4, -0.2) is 54.2 Å². The van der Waals surface area contributed by atoms with Crippen LogP contribution in [0.4, 0.5) is 23.2 Å². The van der Waals surface area contributed by atoms with Gasteiger partial charge in [0.05, 0.1) is 19.0 Å². The van der Waals surface area contributed by atoms with Gasteiger partial charge in [0.25, 0.3) is 0 Å². The van der Waals surface area contributed by atoms with Crippen LogP contribution in [0.15, 0.2) is 36.5 Å². The lowest BCUT2D eigenvalue weighted by Crippen LogP contribution is -2.43. The maximum absolute atomic E-state index is 15.9. The minimum absolute atomic E-state index is 0.0769. The summed E-state index contributed by atoms with van der Waals surface area (Å²) in [5, 5.41) is 12.9. The van der Waals surface area contributed by atoms with Crippen molar-refractivity contribution < 1.29 is 32.2 Å². The molecule has 2 heterocycles. The Morgan fingerprint density at radius 2 is 1.90 bits per heavy atom. The molecule has 1 saturated heterocycles. The quantitative estimate of drug-likeness (QED) is 0.248. The third kappa shape index (κ3) is 6.82. The number of likely N-dealkylation sites (tertiary alicyclic amines) is 1. The van der Waals surface area contributed by atoms with Crippen molar-refractivity contribution in [1.29, 1.82) is 0 Å². The predicted molar refractivity (Wildman–Crippen MR) is 144 cm³/mol. The highest BCUT2D eigenvalue weighted by Gasteiger charge is 2.37. The number of carboxylic acids is 1. The van der Waals surface area contributed by atoms with Crippen LogP contribution in [0.25, 0.3) is 10.9 Å². The van der Waals surface area contributed by atoms with Gasteiger partial charge >= 0.3 is 5.97 Å². The smallest absolute Gasteiger partial charge is 0.303 e. The molecule has 216 valence electrons. The third-order valence-electron chi connectivity index (χ3n) is 7.84. The van der Waals surface area contributed by atoms with Crippen molar-refractivity contribution in [2.75, 3.05) is 38.6 Å². The van der Waals surface area contributed by atoms with E-state index < -0.39 is 35.0 Å². The molecule has 40 heavy (non-hydrogen) atoms. The zero-order valence-electron chi connectivity index (χ0n) is 22.4. The Morgan fingerprint density at radius 1 is 1.20 bits per heavy atom. The van der Waals surface area contributed by atoms with Gasteiger partial charge in [-0.05, 0) is 68.0 Å². The maximum Gasteiger partial charge on any atom is 0.303 e. The Bertz CT molecular complexity index is 1320. The molecule has 0 aliphatic carbocycles. The summed E-state index contributed by atoms with van der Waals surface area (Å²) in [6.07, 6.45) is 1.72. The number of anilines is 1. The van der Waals surface area contributed by atoms with Gasteiger partial charge in [-0.2, -0.15) is 0 Å². The molecule has 1 fully saturated rings. The molecule has 1 atom stereocenters. The summed E-state index contributed by atoms with van der Waals surface area (Å²) in [5.74, 6) is -3.36. The molecule has 7 nitrogen and oxygen atoms in total. The molecule has 3 aromatic rings. The number of nitrogens with zero attached hydrogens (tertiary/aromatic N) is 2. The fourth-order valence-corrected chi connectivity index (χ4v) is 5.61. The minimum atomic E-state index is -1.37. The van der Waals surface area contributed by atoms with E-state index in [1.165, 1.54) is 7.11 Å². The molecule has 0 unspecified atom stereocenters. The van der Waals surface area contributed by atoms with Crippen LogP contribution < -0.4 is 15.8 Å². The van der Waals surface area contributed by atoms with E-state index in [1.54, 1.807) is 24.4 Å². The summed E-state index contributed by atoms with van der Waals surface area (Å²) in [6.45, 7) is 1.91. The first-order chi connectivity index (χ1) is 19.1. The molecule has 1 aliphatic rings. The number of rotatable bonds is 12. The molecule has 11 heteroatoms. The number of benzene rings is 2. The second-order valence-corrected chi connectivity index (χ2v) is 10.4. The van der Waals surface area contributed by atoms with Gasteiger partial charge in [-0.25, -0.2) is 17.6 Å². The van der Waals surface area contributed by atoms with Crippen molar-refractivity contribution in [3.8, 4) is 5.75 Å². The standard InChI is InChI=1S/C29H34F4N4O3/c1-40-20-2-3-25-21(14-20)27(18(16-34)17-36-25)22(31)4-5-29(15-26(38)39)6-9-37(10-7-29)11-8-35-28-23(32)12-19(30)13-24(28)33/h2-3,12-14,17,22,35H,4-11,15-16,34H2,1H3,(H,38,39)/t22-/m1/s1. The van der Waals surface area contributed by atoms with Gasteiger partial charge in [0.2, 0.25) is 0 Å². The third-order valence-corrected chi connectivity index (χ3v) is 7.84. The number of aromatic nitrogens is 1. The number of methoxy groups -OCH3 is 1. The van der Waals surface area contributed by atoms with Crippen LogP contribution >= 0.6 is 0 Å². The van der Waals surface area contributed by atoms with Crippen molar-refractivity contribution >= 4 is 22.6 Å². The number of halogens is 4. The van der Waals surface area contributed by atoms with E-state index in [1.807, 2.05) is 0 Å². The lowest BCUT2D eigenvalue weighted by atomic mass is 9.71. The van der Waals surface area contributed by atoms with Gasteiger partial charge in [-0.15, -0.1) is 0 Å². The number of aliphatic carboxylic acids is 1. The SMILES string of the molecule is COc1ccc2ncc(CN)c([C@H](F)CCC3(CC(=O)O)CCN(CCNc4c(F)cc(F)cc4F)CC3)c2c1. The molecule has 1 aliphatic heterocycles. The fourth-order valence-electron chi connectivity index (χ4n) is 5.61. The summed E-state index contributed by atoms with van der Waals surface area (Å²) >= 11 is 0. The highest BCUT2D eigenvalue weighted by molar-refractivity contribution is 5.85. The van der Waals surface area contributed by atoms with Crippen molar-refractivity contribution in [2.24, 2.45) is 11.1 Å². The Labute approximate surface area is 230 Å². The highest BCUT2D eigenvalue weighted by Crippen LogP contribution is 2.43. The van der Waals surface area contributed by atoms with Crippen LogP contribution in [0.3, 0.4) is 0 Å². The van der Waals surface area contributed by atoms with Gasteiger partial charge in [0, 0.05) is 48.9 Å². The van der Waals surface area contributed by atoms with Crippen molar-refractivity contribution in [1.82, 2.24) is 9.88 Å². The van der Waals surface area contributed by atoms with Crippen LogP contribution in [0.1, 0.15) is 49.4 Å². The number of hydrogen-bond acceptors (Lipinski definition) is 6. The molecule has 0 radical (unpaired) electrons. The Hall–Kier alpha value is -3.44. The number of carbonyl (C=O) groups is 1. The summed E-state index contributed by atoms with van der Waals surface area (Å²) < 4.78 is 62.2. The first-order valence-electron chi connectivity index (χ1n) is 13.3. The van der Waals surface area contributed by atoms with E-state index in [2.05, 4.69) is 15.2 Å². The summed E-state index contributed by atoms with van der Waals surface area (Å²) in [4.78, 5) is 18.2. The number of nitrogens with one attached hydrogen (secondary N) is 1. The zero-order chi connectivity index (χ0) is 28.9. The largest absolute Gasteiger partial charge is 0.497 e. The average Bonchev–Trinajstić information content (AvgIpc) is 2.92. The van der Waals surface area contributed by atoms with Crippen molar-refractivity contribution in [2.45, 2.75) is 44.8 Å². The van der Waals surface area contributed by atoms with Crippen LogP contribution in [0, 0.1) is 22.9 Å². The summed E-state index contributed by atoms with van der Waals surface area (Å²) in [5.41, 5.74) is 6.62. The van der Waals surface area contributed by atoms with Gasteiger partial charge in [0.15, 0.2) is 11.6 Å². The average molecular weight is 563 g/mol. The number of carboxylic acid groups (broad SMARTS) is 1. The maximum atomic E-state index is 15.9. The van der Waals surface area contributed by atoms with E-state index >= 15 is 4.39 Å². The van der Waals surface area contributed by atoms with E-state index in [4.69, 9.17) is 10.5 Å². The van der Waals surface area contributed by atoms with Crippen molar-refractivity contribution in [3.63, 3.8) is 0 Å². The van der Waals surface area contributed by atoms with Gasteiger partial charge < -0.3 is 25.8 Å². The zero-order valence-corrected chi connectivity index (χ0v) is 22.4. The molecule has 0 saturated carbocycles. The lowest BCUT2D eigenvalue weighted by molar-refractivity contribution is -0.141. The number of nitrogens with two attached hydrogens (primary N) is 1. The van der Waals surface area contributed by atoms with E-state index in [0.29, 0.717) is 78.8 Å². The Balaban J connectivity index is 1.41. The second kappa shape index (κ2) is 12.8. The van der Waals surface area contributed by atoms with E-state index in [9.17, 15) is 23.1 Å². The number of alkyl halides is 1. The summed E-state index contributed by atoms with van der Waals surface area (Å²) in [6, 6.07) is 6.50. The molecule has 2 aromatic carbocycles. The second-order valence-electron chi connectivity index (χ2n) is 10.4. The highest BCUT2D eigenvalue weighted by atomic mass is 19.1. The monoisotopic (exact) mass is 562 g/mol. The number of ether oxygens (including phenoxy) is 1. The topological polar surface area (TPSA) is 101 Å². The molecule has 0 amide bonds. The Kier molecular flexibility index (Phi) is 9.47. The summed E-state index contributed by atoms with van der Waals surface area (Å²) in [7, 11) is 1.53. The molecule has 4 rings (SSSR count). The van der Waals surface area contributed by atoms with Crippen LogP contribution in [0.2, 0.25) is 0 Å². The van der Waals surface area contributed by atoms with Gasteiger partial charge in [-0.3, -0.25) is 9.78 Å². The molecule has 0 bridgehead atoms. The molecule has 4 N–H and O–H groups in total. The lowest BCUT2D eigenvalue weighted by Gasteiger charge is -2.41. The molecular formula is C29H34F4N4O3. The van der Waals surface area contributed by atoms with E-state index in [0.717, 1.165) is 0 Å². The Morgan fingerprint density at radius 3 is 2.52 bits per heavy atom. The first kappa shape index (κ1) is 29.5. The normalized spacial score (nSPS) is 16.1. The van der Waals surface area contributed by atoms with Crippen LogP contribution in [0.5, 0.6) is 5.75 Å². The minimum Gasteiger partial charge on any atom is -0.497 e. The molecular weight excluding hydrogens is 528 g/mol. The first-order valence-corrected chi connectivity index (χ1v) is 13.3. The van der Waals surface area contributed by atoms with Crippen LogP contribution in [-0.2, 0) is 11.3 Å². The molecule has 0 spiro atoms. The van der Waals surface area contributed by atoms with Gasteiger partial charge in [0.1, 0.15) is 23.4 Å².